The molecule has 52 heavy (non-hydrogen) atoms. The number of phosphoric acid groups is 1. The Balaban J connectivity index is 4.86. The van der Waals surface area contributed by atoms with E-state index < -0.39 is 44.7 Å². The zero-order valence-electron chi connectivity index (χ0n) is 32.9. The maximum absolute atomic E-state index is 12.8. The number of aliphatic hydroxyl groups excluding tert-OH is 3. The van der Waals surface area contributed by atoms with E-state index in [1.165, 1.54) is 51.4 Å². The molecular weight excluding hydrogens is 679 g/mol. The Bertz CT molecular complexity index is 1110. The number of amides is 1. The van der Waals surface area contributed by atoms with E-state index >= 15 is 0 Å². The number of likely N-dealkylation sites (N-methyl/N-ethyl adjacent to an activating group) is 1. The van der Waals surface area contributed by atoms with Crippen molar-refractivity contribution in [3.05, 3.63) is 72.9 Å². The fraction of sp³-hybridized carbons (Fsp3) is 0.683. The van der Waals surface area contributed by atoms with Crippen molar-refractivity contribution in [1.29, 1.82) is 0 Å². The molecule has 0 aromatic heterocycles. The molecule has 1 unspecified atom stereocenters. The summed E-state index contributed by atoms with van der Waals surface area (Å²) in [7, 11) is 1.07. The van der Waals surface area contributed by atoms with E-state index in [2.05, 4.69) is 37.4 Å². The molecule has 0 bridgehead atoms. The first kappa shape index (κ1) is 49.9. The van der Waals surface area contributed by atoms with Crippen molar-refractivity contribution in [3.63, 3.8) is 0 Å². The van der Waals surface area contributed by atoms with E-state index in [1.807, 2.05) is 33.3 Å². The summed E-state index contributed by atoms with van der Waals surface area (Å²) in [4.78, 5) is 25.2. The molecule has 0 aromatic carbocycles. The van der Waals surface area contributed by atoms with Crippen molar-refractivity contribution in [1.82, 2.24) is 5.32 Å². The van der Waals surface area contributed by atoms with E-state index in [0.29, 0.717) is 36.7 Å². The lowest BCUT2D eigenvalue weighted by Gasteiger charge is -2.29. The molecule has 0 radical (unpaired) electrons. The summed E-state index contributed by atoms with van der Waals surface area (Å²) in [5.74, 6) is -0.398. The van der Waals surface area contributed by atoms with Crippen molar-refractivity contribution in [2.24, 2.45) is 0 Å². The minimum atomic E-state index is -4.66. The standard InChI is InChI=1S/C41H73N2O8P/c1-6-8-10-12-14-15-16-17-18-20-26-32-40(46)39(36-51-52(48,49)50-35-34-43(3,4)5)42-41(47)33-27-31-38(45)30-25-22-21-24-29-37(44)28-23-19-13-11-9-7-2/h16-17,19,21-26,29-30,32,37-40,44-46H,6-15,18,20,27-28,31,33-36H2,1-5H3,(H-,42,47,48,49)/b17-16-,22-21+,23-19-,29-24+,30-25-,32-26+/t37-,38-,39-,40+/m0/s1. The van der Waals surface area contributed by atoms with E-state index in [0.717, 1.165) is 19.3 Å². The number of hydrogen-bond donors (Lipinski definition) is 4. The first-order valence-corrected chi connectivity index (χ1v) is 21.0. The molecule has 0 fully saturated rings. The molecule has 0 rings (SSSR count). The molecule has 5 atom stereocenters. The summed E-state index contributed by atoms with van der Waals surface area (Å²) in [6.45, 7) is 4.29. The molecule has 0 saturated heterocycles. The zero-order chi connectivity index (χ0) is 38.9. The van der Waals surface area contributed by atoms with Gasteiger partial charge in [0.25, 0.3) is 7.82 Å². The minimum Gasteiger partial charge on any atom is -0.756 e. The Hall–Kier alpha value is -2.14. The molecule has 300 valence electrons. The second kappa shape index (κ2) is 32.3. The van der Waals surface area contributed by atoms with Crippen LogP contribution in [-0.2, 0) is 18.4 Å². The van der Waals surface area contributed by atoms with Gasteiger partial charge in [-0.15, -0.1) is 0 Å². The van der Waals surface area contributed by atoms with Gasteiger partial charge < -0.3 is 39.1 Å². The summed E-state index contributed by atoms with van der Waals surface area (Å²) in [5.41, 5.74) is 0. The molecule has 0 aliphatic rings. The molecule has 4 N–H and O–H groups in total. The Morgan fingerprint density at radius 2 is 1.31 bits per heavy atom. The summed E-state index contributed by atoms with van der Waals surface area (Å²) >= 11 is 0. The Kier molecular flexibility index (Phi) is 31.0. The number of quaternary nitrogens is 1. The molecule has 0 aliphatic heterocycles. The highest BCUT2D eigenvalue weighted by Crippen LogP contribution is 2.38. The van der Waals surface area contributed by atoms with Crippen molar-refractivity contribution >= 4 is 13.7 Å². The fourth-order valence-corrected chi connectivity index (χ4v) is 5.55. The van der Waals surface area contributed by atoms with Crippen LogP contribution < -0.4 is 10.2 Å². The second-order valence-electron chi connectivity index (χ2n) is 14.3. The average Bonchev–Trinajstić information content (AvgIpc) is 3.07. The zero-order valence-corrected chi connectivity index (χ0v) is 33.8. The fourth-order valence-electron chi connectivity index (χ4n) is 4.83. The molecule has 0 aromatic rings. The topological polar surface area (TPSA) is 148 Å². The molecule has 11 heteroatoms. The predicted octanol–water partition coefficient (Wildman–Crippen LogP) is 7.38. The van der Waals surface area contributed by atoms with Crippen LogP contribution in [0.2, 0.25) is 0 Å². The molecule has 0 spiro atoms. The van der Waals surface area contributed by atoms with Gasteiger partial charge in [-0.05, 0) is 57.8 Å². The van der Waals surface area contributed by atoms with Gasteiger partial charge in [-0.1, -0.05) is 125 Å². The number of carbonyl (C=O) groups excluding carboxylic acids is 1. The Morgan fingerprint density at radius 3 is 1.98 bits per heavy atom. The molecular formula is C41H73N2O8P. The van der Waals surface area contributed by atoms with E-state index in [1.54, 1.807) is 42.5 Å². The Labute approximate surface area is 316 Å². The minimum absolute atomic E-state index is 0.0560. The van der Waals surface area contributed by atoms with Gasteiger partial charge in [0.05, 0.1) is 52.1 Å². The number of hydrogen-bond acceptors (Lipinski definition) is 8. The van der Waals surface area contributed by atoms with Crippen molar-refractivity contribution < 1.29 is 43.1 Å². The second-order valence-corrected chi connectivity index (χ2v) is 15.7. The molecule has 0 aliphatic carbocycles. The van der Waals surface area contributed by atoms with Crippen LogP contribution in [-0.4, -0.2) is 91.0 Å². The number of phosphoric ester groups is 1. The van der Waals surface area contributed by atoms with Gasteiger partial charge in [-0.2, -0.15) is 0 Å². The van der Waals surface area contributed by atoms with Crippen LogP contribution in [0.1, 0.15) is 117 Å². The quantitative estimate of drug-likeness (QED) is 0.0179. The van der Waals surface area contributed by atoms with Crippen LogP contribution in [0.5, 0.6) is 0 Å². The van der Waals surface area contributed by atoms with Gasteiger partial charge in [0, 0.05) is 6.42 Å². The number of unbranched alkanes of at least 4 members (excludes halogenated alkanes) is 9. The van der Waals surface area contributed by atoms with Crippen LogP contribution in [0, 0.1) is 0 Å². The van der Waals surface area contributed by atoms with Gasteiger partial charge in [0.2, 0.25) is 5.91 Å². The largest absolute Gasteiger partial charge is 0.756 e. The van der Waals surface area contributed by atoms with Crippen LogP contribution in [0.15, 0.2) is 72.9 Å². The van der Waals surface area contributed by atoms with Crippen LogP contribution >= 0.6 is 7.82 Å². The number of nitrogens with one attached hydrogen (secondary N) is 1. The third-order valence-corrected chi connectivity index (χ3v) is 9.04. The first-order chi connectivity index (χ1) is 24.8. The highest BCUT2D eigenvalue weighted by molar-refractivity contribution is 7.45. The summed E-state index contributed by atoms with van der Waals surface area (Å²) in [6.07, 6.45) is 34.4. The van der Waals surface area contributed by atoms with E-state index in [9.17, 15) is 29.6 Å². The van der Waals surface area contributed by atoms with E-state index in [-0.39, 0.29) is 13.0 Å². The maximum Gasteiger partial charge on any atom is 0.268 e. The number of nitrogens with zero attached hydrogens (tertiary/aromatic N) is 1. The third-order valence-electron chi connectivity index (χ3n) is 8.08. The van der Waals surface area contributed by atoms with E-state index in [4.69, 9.17) is 9.05 Å². The highest BCUT2D eigenvalue weighted by atomic mass is 31.2. The van der Waals surface area contributed by atoms with Gasteiger partial charge in [0.15, 0.2) is 0 Å². The predicted molar refractivity (Wildman–Crippen MR) is 212 cm³/mol. The van der Waals surface area contributed by atoms with Gasteiger partial charge in [-0.25, -0.2) is 0 Å². The van der Waals surface area contributed by atoms with Crippen LogP contribution in [0.4, 0.5) is 0 Å². The number of allylic oxidation sites excluding steroid dienone is 8. The lowest BCUT2D eigenvalue weighted by Crippen LogP contribution is -2.45. The number of rotatable bonds is 33. The maximum atomic E-state index is 12.8. The molecule has 0 saturated carbocycles. The first-order valence-electron chi connectivity index (χ1n) is 19.5. The molecule has 1 amide bonds. The van der Waals surface area contributed by atoms with Gasteiger partial charge in [-0.3, -0.25) is 9.36 Å². The van der Waals surface area contributed by atoms with Crippen molar-refractivity contribution in [3.8, 4) is 0 Å². The lowest BCUT2D eigenvalue weighted by atomic mass is 10.1. The normalized spacial score (nSPS) is 16.6. The molecule has 10 nitrogen and oxygen atoms in total. The Morgan fingerprint density at radius 1 is 0.731 bits per heavy atom. The average molecular weight is 753 g/mol. The smallest absolute Gasteiger partial charge is 0.268 e. The van der Waals surface area contributed by atoms with Crippen molar-refractivity contribution in [2.75, 3.05) is 40.9 Å². The van der Waals surface area contributed by atoms with Crippen LogP contribution in [0.25, 0.3) is 0 Å². The van der Waals surface area contributed by atoms with Gasteiger partial charge in [0.1, 0.15) is 13.2 Å². The monoisotopic (exact) mass is 753 g/mol. The number of carbonyl (C=O) groups is 1. The van der Waals surface area contributed by atoms with Crippen LogP contribution in [0.3, 0.4) is 0 Å². The summed E-state index contributed by atoms with van der Waals surface area (Å²) in [6, 6.07) is -1.02. The SMILES string of the molecule is CCCCC/C=C\C[C@H](O)/C=C/C=C/C=C\[C@H](O)CCCC(=O)N[C@@H](COP(=O)([O-])OCC[N+](C)(C)C)[C@H](O)/C=C/CC/C=C\CCCCCCC. The third kappa shape index (κ3) is 33.7. The number of aliphatic hydroxyl groups is 3. The molecule has 0 heterocycles. The van der Waals surface area contributed by atoms with Gasteiger partial charge >= 0.3 is 0 Å². The lowest BCUT2D eigenvalue weighted by molar-refractivity contribution is -0.870. The summed E-state index contributed by atoms with van der Waals surface area (Å²) in [5, 5.41) is 33.9. The highest BCUT2D eigenvalue weighted by Gasteiger charge is 2.23. The summed E-state index contributed by atoms with van der Waals surface area (Å²) < 4.78 is 22.9. The van der Waals surface area contributed by atoms with Crippen molar-refractivity contribution in [2.45, 2.75) is 141 Å².